The number of rotatable bonds is 3. The number of hydrogen-bond acceptors (Lipinski definition) is 4. The van der Waals surface area contributed by atoms with Gasteiger partial charge in [-0.05, 0) is 12.1 Å². The maximum atomic E-state index is 12.0. The molecule has 1 aromatic carbocycles. The number of phenols is 1. The Morgan fingerprint density at radius 2 is 2.00 bits per heavy atom. The van der Waals surface area contributed by atoms with Gasteiger partial charge in [-0.1, -0.05) is 12.1 Å². The minimum absolute atomic E-state index is 0.0935. The van der Waals surface area contributed by atoms with Gasteiger partial charge in [-0.3, -0.25) is 4.31 Å². The van der Waals surface area contributed by atoms with Crippen LogP contribution in [0.1, 0.15) is 0 Å². The number of aldehydes is 1. The predicted molar refractivity (Wildman–Crippen MR) is 62.0 cm³/mol. The molecule has 1 aromatic rings. The molecule has 2 rings (SSSR count). The Morgan fingerprint density at radius 3 is 2.65 bits per heavy atom. The van der Waals surface area contributed by atoms with E-state index >= 15 is 0 Å². The molecule has 1 saturated heterocycles. The van der Waals surface area contributed by atoms with Crippen molar-refractivity contribution in [3.63, 3.8) is 0 Å². The highest BCUT2D eigenvalue weighted by molar-refractivity contribution is 7.90. The van der Waals surface area contributed by atoms with Gasteiger partial charge in [-0.25, -0.2) is 0 Å². The molecule has 17 heavy (non-hydrogen) atoms. The summed E-state index contributed by atoms with van der Waals surface area (Å²) in [6, 6.07) is 6.21. The third-order valence-corrected chi connectivity index (χ3v) is 4.51. The van der Waals surface area contributed by atoms with Gasteiger partial charge in [0.25, 0.3) is 0 Å². The molecule has 1 aliphatic heterocycles. The molecule has 92 valence electrons. The third-order valence-electron chi connectivity index (χ3n) is 2.59. The van der Waals surface area contributed by atoms with Crippen LogP contribution in [0.2, 0.25) is 0 Å². The fourth-order valence-corrected chi connectivity index (χ4v) is 3.32. The summed E-state index contributed by atoms with van der Waals surface area (Å²) in [6.07, 6.45) is 0.548. The second kappa shape index (κ2) is 4.34. The fourth-order valence-electron chi connectivity index (χ4n) is 1.76. The van der Waals surface area contributed by atoms with Crippen LogP contribution < -0.4 is 4.31 Å². The molecular formula is C10H12N2O4S. The quantitative estimate of drug-likeness (QED) is 0.770. The normalized spacial score (nSPS) is 19.4. The van der Waals surface area contributed by atoms with E-state index in [-0.39, 0.29) is 31.1 Å². The van der Waals surface area contributed by atoms with Crippen molar-refractivity contribution in [2.24, 2.45) is 0 Å². The van der Waals surface area contributed by atoms with E-state index < -0.39 is 10.2 Å². The minimum Gasteiger partial charge on any atom is -0.506 e. The molecule has 0 radical (unpaired) electrons. The summed E-state index contributed by atoms with van der Waals surface area (Å²) >= 11 is 0. The van der Waals surface area contributed by atoms with Crippen LogP contribution in [0.25, 0.3) is 0 Å². The van der Waals surface area contributed by atoms with Crippen molar-refractivity contribution in [1.82, 2.24) is 4.31 Å². The third kappa shape index (κ3) is 1.98. The number of aromatic hydroxyl groups is 1. The van der Waals surface area contributed by atoms with Crippen molar-refractivity contribution in [2.75, 3.05) is 23.9 Å². The Kier molecular flexibility index (Phi) is 3.03. The monoisotopic (exact) mass is 256 g/mol. The fraction of sp³-hybridized carbons (Fsp3) is 0.300. The molecule has 1 heterocycles. The summed E-state index contributed by atoms with van der Waals surface area (Å²) in [4.78, 5) is 10.4. The first-order chi connectivity index (χ1) is 8.07. The molecular weight excluding hydrogens is 244 g/mol. The van der Waals surface area contributed by atoms with E-state index in [1.807, 2.05) is 0 Å². The summed E-state index contributed by atoms with van der Waals surface area (Å²) in [5.74, 6) is -0.0935. The Labute approximate surface area is 99.3 Å². The van der Waals surface area contributed by atoms with Gasteiger partial charge >= 0.3 is 10.2 Å². The number of anilines is 1. The predicted octanol–water partition coefficient (Wildman–Crippen LogP) is -0.0421. The maximum Gasteiger partial charge on any atom is 0.304 e. The second-order valence-electron chi connectivity index (χ2n) is 3.59. The van der Waals surface area contributed by atoms with Crippen molar-refractivity contribution in [3.8, 4) is 5.75 Å². The standard InChI is InChI=1S/C10H12N2O4S/c13-8-7-11-5-6-12(17(11,15)16)9-3-1-2-4-10(9)14/h1-4,8,14H,5-7H2. The van der Waals surface area contributed by atoms with Crippen LogP contribution in [0.5, 0.6) is 5.75 Å². The van der Waals surface area contributed by atoms with Gasteiger partial charge in [0, 0.05) is 13.1 Å². The molecule has 1 N–H and O–H groups in total. The van der Waals surface area contributed by atoms with Crippen LogP contribution in [0.3, 0.4) is 0 Å². The Balaban J connectivity index is 2.37. The van der Waals surface area contributed by atoms with E-state index in [1.165, 1.54) is 12.1 Å². The molecule has 0 amide bonds. The van der Waals surface area contributed by atoms with Crippen molar-refractivity contribution in [3.05, 3.63) is 24.3 Å². The van der Waals surface area contributed by atoms with Gasteiger partial charge in [0.05, 0.1) is 12.2 Å². The van der Waals surface area contributed by atoms with E-state index in [9.17, 15) is 18.3 Å². The molecule has 1 aliphatic rings. The number of benzene rings is 1. The zero-order valence-corrected chi connectivity index (χ0v) is 9.80. The number of phenolic OH excluding ortho intramolecular Hbond substituents is 1. The first-order valence-electron chi connectivity index (χ1n) is 5.07. The lowest BCUT2D eigenvalue weighted by molar-refractivity contribution is -0.108. The Bertz CT molecular complexity index is 529. The van der Waals surface area contributed by atoms with Gasteiger partial charge < -0.3 is 9.90 Å². The van der Waals surface area contributed by atoms with Gasteiger partial charge in [-0.15, -0.1) is 0 Å². The van der Waals surface area contributed by atoms with Crippen LogP contribution in [0.15, 0.2) is 24.3 Å². The molecule has 0 atom stereocenters. The topological polar surface area (TPSA) is 77.9 Å². The highest BCUT2D eigenvalue weighted by Gasteiger charge is 2.37. The van der Waals surface area contributed by atoms with E-state index in [0.717, 1.165) is 8.61 Å². The lowest BCUT2D eigenvalue weighted by Gasteiger charge is -2.19. The van der Waals surface area contributed by atoms with E-state index in [0.29, 0.717) is 6.29 Å². The smallest absolute Gasteiger partial charge is 0.304 e. The van der Waals surface area contributed by atoms with E-state index in [2.05, 4.69) is 0 Å². The van der Waals surface area contributed by atoms with Crippen molar-refractivity contribution in [1.29, 1.82) is 0 Å². The van der Waals surface area contributed by atoms with Crippen LogP contribution in [0, 0.1) is 0 Å². The Morgan fingerprint density at radius 1 is 1.29 bits per heavy atom. The number of carbonyl (C=O) groups excluding carboxylic acids is 1. The lowest BCUT2D eigenvalue weighted by atomic mass is 10.3. The summed E-state index contributed by atoms with van der Waals surface area (Å²) < 4.78 is 26.2. The van der Waals surface area contributed by atoms with Crippen LogP contribution in [0.4, 0.5) is 5.69 Å². The summed E-state index contributed by atoms with van der Waals surface area (Å²) in [6.45, 7) is 0.315. The molecule has 0 unspecified atom stereocenters. The van der Waals surface area contributed by atoms with Crippen LogP contribution >= 0.6 is 0 Å². The lowest BCUT2D eigenvalue weighted by Crippen LogP contribution is -2.34. The van der Waals surface area contributed by atoms with Gasteiger partial charge in [0.1, 0.15) is 12.0 Å². The first-order valence-corrected chi connectivity index (χ1v) is 6.46. The molecule has 0 aliphatic carbocycles. The van der Waals surface area contributed by atoms with Gasteiger partial charge in [0.15, 0.2) is 0 Å². The van der Waals surface area contributed by atoms with Crippen LogP contribution in [-0.2, 0) is 15.0 Å². The highest BCUT2D eigenvalue weighted by atomic mass is 32.2. The molecule has 1 fully saturated rings. The van der Waals surface area contributed by atoms with Crippen molar-refractivity contribution >= 4 is 22.2 Å². The number of nitrogens with zero attached hydrogens (tertiary/aromatic N) is 2. The van der Waals surface area contributed by atoms with E-state index in [1.54, 1.807) is 12.1 Å². The second-order valence-corrected chi connectivity index (χ2v) is 5.45. The maximum absolute atomic E-state index is 12.0. The number of hydrogen-bond donors (Lipinski definition) is 1. The van der Waals surface area contributed by atoms with Gasteiger partial charge in [-0.2, -0.15) is 12.7 Å². The first kappa shape index (κ1) is 11.9. The molecule has 0 aromatic heterocycles. The Hall–Kier alpha value is -1.60. The van der Waals surface area contributed by atoms with Crippen LogP contribution in [-0.4, -0.2) is 43.7 Å². The summed E-state index contributed by atoms with van der Waals surface area (Å²) in [7, 11) is -3.69. The number of para-hydroxylation sites is 2. The average Bonchev–Trinajstić information content (AvgIpc) is 2.57. The van der Waals surface area contributed by atoms with Gasteiger partial charge in [0.2, 0.25) is 0 Å². The SMILES string of the molecule is O=CCN1CCN(c2ccccc2O)S1(=O)=O. The summed E-state index contributed by atoms with van der Waals surface area (Å²) in [5.41, 5.74) is 0.237. The summed E-state index contributed by atoms with van der Waals surface area (Å²) in [5, 5.41) is 9.63. The highest BCUT2D eigenvalue weighted by Crippen LogP contribution is 2.31. The molecule has 0 bridgehead atoms. The van der Waals surface area contributed by atoms with E-state index in [4.69, 9.17) is 0 Å². The minimum atomic E-state index is -3.69. The molecule has 0 spiro atoms. The molecule has 0 saturated carbocycles. The zero-order chi connectivity index (χ0) is 12.5. The molecule has 6 nitrogen and oxygen atoms in total. The zero-order valence-electron chi connectivity index (χ0n) is 8.98. The largest absolute Gasteiger partial charge is 0.506 e. The van der Waals surface area contributed by atoms with Crippen molar-refractivity contribution in [2.45, 2.75) is 0 Å². The average molecular weight is 256 g/mol. The molecule has 7 heteroatoms. The van der Waals surface area contributed by atoms with Crippen molar-refractivity contribution < 1.29 is 18.3 Å². The number of carbonyl (C=O) groups is 1.